The molecule has 1 atom stereocenters. The zero-order valence-electron chi connectivity index (χ0n) is 14.3. The lowest BCUT2D eigenvalue weighted by Gasteiger charge is -2.18. The first-order valence-corrected chi connectivity index (χ1v) is 10.0. The summed E-state index contributed by atoms with van der Waals surface area (Å²) in [5, 5.41) is 20.2. The Morgan fingerprint density at radius 1 is 1.28 bits per heavy atom. The van der Waals surface area contributed by atoms with Crippen molar-refractivity contribution in [1.29, 1.82) is 5.26 Å². The lowest BCUT2D eigenvalue weighted by molar-refractivity contribution is -0.143. The highest BCUT2D eigenvalue weighted by molar-refractivity contribution is 7.99. The van der Waals surface area contributed by atoms with Crippen LogP contribution < -0.4 is 0 Å². The minimum absolute atomic E-state index is 0.210. The molecule has 0 aliphatic carbocycles. The van der Waals surface area contributed by atoms with Crippen LogP contribution in [-0.4, -0.2) is 35.3 Å². The molecule has 0 aliphatic rings. The monoisotopic (exact) mass is 403 g/mol. The van der Waals surface area contributed by atoms with Crippen molar-refractivity contribution < 1.29 is 14.6 Å². The van der Waals surface area contributed by atoms with Crippen molar-refractivity contribution in [3.05, 3.63) is 33.8 Å². The van der Waals surface area contributed by atoms with Gasteiger partial charge in [-0.15, -0.1) is 0 Å². The average molecular weight is 404 g/mol. The number of carbonyl (C=O) groups excluding carboxylic acids is 1. The van der Waals surface area contributed by atoms with Crippen molar-refractivity contribution in [3.8, 4) is 6.07 Å². The van der Waals surface area contributed by atoms with Crippen molar-refractivity contribution in [3.63, 3.8) is 0 Å². The van der Waals surface area contributed by atoms with E-state index in [1.807, 2.05) is 18.2 Å². The molecule has 1 rings (SSSR count). The summed E-state index contributed by atoms with van der Waals surface area (Å²) in [4.78, 5) is 11.2. The van der Waals surface area contributed by atoms with Crippen molar-refractivity contribution in [2.24, 2.45) is 0 Å². The van der Waals surface area contributed by atoms with Gasteiger partial charge in [0.1, 0.15) is 0 Å². The molecule has 1 unspecified atom stereocenters. The Labute approximate surface area is 163 Å². The van der Waals surface area contributed by atoms with Crippen LogP contribution in [0, 0.1) is 11.3 Å². The van der Waals surface area contributed by atoms with E-state index in [0.717, 1.165) is 37.9 Å². The van der Waals surface area contributed by atoms with Gasteiger partial charge in [0.15, 0.2) is 5.60 Å². The molecule has 1 N–H and O–H groups in total. The van der Waals surface area contributed by atoms with E-state index in [1.54, 1.807) is 6.07 Å². The van der Waals surface area contributed by atoms with Crippen LogP contribution in [0.3, 0.4) is 0 Å². The summed E-state index contributed by atoms with van der Waals surface area (Å²) >= 11 is 13.4. The van der Waals surface area contributed by atoms with Crippen molar-refractivity contribution in [2.75, 3.05) is 18.6 Å². The summed E-state index contributed by atoms with van der Waals surface area (Å²) in [6, 6.07) is 7.52. The van der Waals surface area contributed by atoms with Gasteiger partial charge in [0.2, 0.25) is 0 Å². The third-order valence-corrected chi connectivity index (χ3v) is 5.70. The van der Waals surface area contributed by atoms with Crippen LogP contribution in [0.25, 0.3) is 0 Å². The number of hydrogen-bond donors (Lipinski definition) is 1. The van der Waals surface area contributed by atoms with Gasteiger partial charge in [-0.2, -0.15) is 17.0 Å². The van der Waals surface area contributed by atoms with E-state index in [-0.39, 0.29) is 12.2 Å². The second-order valence-corrected chi connectivity index (χ2v) is 7.78. The number of aliphatic hydroxyl groups is 1. The molecule has 0 radical (unpaired) electrons. The predicted molar refractivity (Wildman–Crippen MR) is 103 cm³/mol. The van der Waals surface area contributed by atoms with Gasteiger partial charge in [-0.3, -0.25) is 4.79 Å². The molecule has 7 heteroatoms. The Morgan fingerprint density at radius 3 is 2.64 bits per heavy atom. The molecule has 1 aromatic carbocycles. The van der Waals surface area contributed by atoms with Crippen LogP contribution in [-0.2, 0) is 16.0 Å². The van der Waals surface area contributed by atoms with Gasteiger partial charge in [-0.1, -0.05) is 42.1 Å². The third kappa shape index (κ3) is 8.82. The smallest absolute Gasteiger partial charge is 0.309 e. The highest BCUT2D eigenvalue weighted by Crippen LogP contribution is 2.24. The van der Waals surface area contributed by atoms with Gasteiger partial charge in [-0.25, -0.2) is 0 Å². The first kappa shape index (κ1) is 22.1. The van der Waals surface area contributed by atoms with Crippen molar-refractivity contribution in [1.82, 2.24) is 0 Å². The molecule has 0 bridgehead atoms. The number of thioether (sulfide) groups is 1. The summed E-state index contributed by atoms with van der Waals surface area (Å²) < 4.78 is 4.49. The average Bonchev–Trinajstić information content (AvgIpc) is 2.60. The molecule has 0 spiro atoms. The highest BCUT2D eigenvalue weighted by Gasteiger charge is 2.30. The van der Waals surface area contributed by atoms with E-state index in [2.05, 4.69) is 4.74 Å². The SMILES string of the molecule is COC(=O)CC(O)(C#N)CSCCCCCCc1ccc(Cl)c(Cl)c1. The fourth-order valence-corrected chi connectivity index (χ4v) is 3.63. The lowest BCUT2D eigenvalue weighted by Crippen LogP contribution is -2.33. The van der Waals surface area contributed by atoms with Gasteiger partial charge < -0.3 is 9.84 Å². The number of nitrogens with zero attached hydrogens (tertiary/aromatic N) is 1. The van der Waals surface area contributed by atoms with Gasteiger partial charge in [-0.05, 0) is 42.7 Å². The fraction of sp³-hybridized carbons (Fsp3) is 0.556. The number of nitriles is 1. The molecule has 1 aromatic rings. The van der Waals surface area contributed by atoms with E-state index >= 15 is 0 Å². The molecule has 0 saturated carbocycles. The van der Waals surface area contributed by atoms with Gasteiger partial charge in [0.05, 0.1) is 29.6 Å². The van der Waals surface area contributed by atoms with Crippen molar-refractivity contribution in [2.45, 2.75) is 44.1 Å². The van der Waals surface area contributed by atoms with E-state index in [4.69, 9.17) is 28.5 Å². The number of rotatable bonds is 11. The molecule has 0 fully saturated rings. The Bertz CT molecular complexity index is 606. The first-order chi connectivity index (χ1) is 11.9. The third-order valence-electron chi connectivity index (χ3n) is 3.70. The molecule has 138 valence electrons. The number of halogens is 2. The van der Waals surface area contributed by atoms with Crippen LogP contribution in [0.15, 0.2) is 18.2 Å². The maximum absolute atomic E-state index is 11.2. The fourth-order valence-electron chi connectivity index (χ4n) is 2.26. The normalized spacial score (nSPS) is 13.1. The quantitative estimate of drug-likeness (QED) is 0.330. The predicted octanol–water partition coefficient (Wildman–Crippen LogP) is 4.65. The molecule has 0 aliphatic heterocycles. The molecule has 0 aromatic heterocycles. The Hall–Kier alpha value is -0.930. The summed E-state index contributed by atoms with van der Waals surface area (Å²) in [6.07, 6.45) is 4.94. The van der Waals surface area contributed by atoms with E-state index in [0.29, 0.717) is 10.0 Å². The van der Waals surface area contributed by atoms with E-state index in [1.165, 1.54) is 24.4 Å². The molecular weight excluding hydrogens is 381 g/mol. The van der Waals surface area contributed by atoms with Crippen LogP contribution >= 0.6 is 35.0 Å². The van der Waals surface area contributed by atoms with Crippen molar-refractivity contribution >= 4 is 40.9 Å². The number of benzene rings is 1. The number of hydrogen-bond acceptors (Lipinski definition) is 5. The van der Waals surface area contributed by atoms with Crippen LogP contribution in [0.5, 0.6) is 0 Å². The lowest BCUT2D eigenvalue weighted by atomic mass is 10.1. The number of unbranched alkanes of at least 4 members (excludes halogenated alkanes) is 3. The number of aryl methyl sites for hydroxylation is 1. The van der Waals surface area contributed by atoms with Crippen LogP contribution in [0.4, 0.5) is 0 Å². The summed E-state index contributed by atoms with van der Waals surface area (Å²) in [5.74, 6) is 0.478. The highest BCUT2D eigenvalue weighted by atomic mass is 35.5. The first-order valence-electron chi connectivity index (χ1n) is 8.12. The molecule has 0 amide bonds. The largest absolute Gasteiger partial charge is 0.469 e. The van der Waals surface area contributed by atoms with Crippen LogP contribution in [0.2, 0.25) is 10.0 Å². The molecule has 0 saturated heterocycles. The van der Waals surface area contributed by atoms with Gasteiger partial charge in [0, 0.05) is 5.75 Å². The van der Waals surface area contributed by atoms with E-state index in [9.17, 15) is 9.90 Å². The standard InChI is InChI=1S/C18H23Cl2NO3S/c1-24-17(22)11-18(23,12-21)13-25-9-5-3-2-4-6-14-7-8-15(19)16(20)10-14/h7-8,10,23H,2-6,9,11,13H2,1H3. The molecular formula is C18H23Cl2NO3S. The summed E-state index contributed by atoms with van der Waals surface area (Å²) in [6.45, 7) is 0. The maximum Gasteiger partial charge on any atom is 0.309 e. The van der Waals surface area contributed by atoms with Crippen LogP contribution in [0.1, 0.15) is 37.7 Å². The molecule has 0 heterocycles. The second-order valence-electron chi connectivity index (χ2n) is 5.86. The van der Waals surface area contributed by atoms with Gasteiger partial charge in [0.25, 0.3) is 0 Å². The molecule has 4 nitrogen and oxygen atoms in total. The summed E-state index contributed by atoms with van der Waals surface area (Å²) in [7, 11) is 1.24. The molecule has 25 heavy (non-hydrogen) atoms. The zero-order valence-corrected chi connectivity index (χ0v) is 16.6. The minimum Gasteiger partial charge on any atom is -0.469 e. The Kier molecular flexibility index (Phi) is 10.3. The maximum atomic E-state index is 11.2. The number of methoxy groups -OCH3 is 1. The number of esters is 1. The zero-order chi connectivity index (χ0) is 18.7. The second kappa shape index (κ2) is 11.6. The minimum atomic E-state index is -1.65. The Morgan fingerprint density at radius 2 is 2.00 bits per heavy atom. The summed E-state index contributed by atoms with van der Waals surface area (Å²) in [5.41, 5.74) is -0.461. The van der Waals surface area contributed by atoms with E-state index < -0.39 is 11.6 Å². The number of carbonyl (C=O) groups is 1. The number of ether oxygens (including phenoxy) is 1. The Balaban J connectivity index is 2.12. The van der Waals surface area contributed by atoms with Gasteiger partial charge >= 0.3 is 5.97 Å². The topological polar surface area (TPSA) is 70.3 Å².